The summed E-state index contributed by atoms with van der Waals surface area (Å²) in [6.45, 7) is 8.99. The molecule has 0 fully saturated rings. The first kappa shape index (κ1) is 28.3. The highest BCUT2D eigenvalue weighted by molar-refractivity contribution is 7.99. The number of sulfone groups is 1. The molecule has 0 bridgehead atoms. The van der Waals surface area contributed by atoms with Gasteiger partial charge in [-0.25, -0.2) is 8.42 Å². The molecule has 2 atom stereocenters. The summed E-state index contributed by atoms with van der Waals surface area (Å²) in [7, 11) is -3.49. The minimum atomic E-state index is -3.49. The highest BCUT2D eigenvalue weighted by atomic mass is 32.2. The van der Waals surface area contributed by atoms with Crippen molar-refractivity contribution in [2.24, 2.45) is 11.8 Å². The molecule has 2 rings (SSSR count). The maximum Gasteiger partial charge on any atom is 0.206 e. The number of thioether (sulfide) groups is 2. The van der Waals surface area contributed by atoms with Crippen molar-refractivity contribution < 1.29 is 8.42 Å². The summed E-state index contributed by atoms with van der Waals surface area (Å²) in [5.41, 5.74) is 0. The van der Waals surface area contributed by atoms with Gasteiger partial charge in [-0.2, -0.15) is 0 Å². The molecular formula is C28H42O2S3. The summed E-state index contributed by atoms with van der Waals surface area (Å²) < 4.78 is 26.2. The Morgan fingerprint density at radius 3 is 1.30 bits per heavy atom. The molecule has 0 aliphatic rings. The minimum Gasteiger partial charge on any atom is -0.219 e. The fourth-order valence-electron chi connectivity index (χ4n) is 3.79. The van der Waals surface area contributed by atoms with Crippen molar-refractivity contribution in [2.45, 2.75) is 98.6 Å². The van der Waals surface area contributed by atoms with E-state index in [0.29, 0.717) is 9.79 Å². The smallest absolute Gasteiger partial charge is 0.206 e. The van der Waals surface area contributed by atoms with E-state index < -0.39 is 9.84 Å². The topological polar surface area (TPSA) is 34.1 Å². The van der Waals surface area contributed by atoms with Crippen molar-refractivity contribution in [2.75, 3.05) is 11.5 Å². The van der Waals surface area contributed by atoms with Crippen LogP contribution in [0.1, 0.15) is 79.1 Å². The van der Waals surface area contributed by atoms with Gasteiger partial charge >= 0.3 is 0 Å². The Hall–Kier alpha value is -0.910. The Labute approximate surface area is 211 Å². The average molecular weight is 507 g/mol. The van der Waals surface area contributed by atoms with Crippen LogP contribution in [0.4, 0.5) is 0 Å². The molecule has 0 saturated heterocycles. The van der Waals surface area contributed by atoms with Gasteiger partial charge in [-0.3, -0.25) is 0 Å². The van der Waals surface area contributed by atoms with Gasteiger partial charge in [-0.15, -0.1) is 23.5 Å². The van der Waals surface area contributed by atoms with Crippen molar-refractivity contribution in [3.8, 4) is 0 Å². The zero-order chi connectivity index (χ0) is 24.1. The molecule has 2 nitrogen and oxygen atoms in total. The maximum absolute atomic E-state index is 13.1. The Kier molecular flexibility index (Phi) is 13.0. The molecule has 2 aromatic rings. The van der Waals surface area contributed by atoms with Crippen LogP contribution in [0, 0.1) is 11.8 Å². The fraction of sp³-hybridized carbons (Fsp3) is 0.571. The van der Waals surface area contributed by atoms with E-state index in [-0.39, 0.29) is 0 Å². The van der Waals surface area contributed by atoms with E-state index in [0.717, 1.165) is 33.1 Å². The van der Waals surface area contributed by atoms with Gasteiger partial charge in [0.15, 0.2) is 0 Å². The van der Waals surface area contributed by atoms with E-state index in [9.17, 15) is 8.42 Å². The summed E-state index contributed by atoms with van der Waals surface area (Å²) in [5.74, 6) is 3.65. The monoisotopic (exact) mass is 506 g/mol. The van der Waals surface area contributed by atoms with E-state index in [1.807, 2.05) is 47.8 Å². The summed E-state index contributed by atoms with van der Waals surface area (Å²) in [6.07, 6.45) is 10.0. The number of hydrogen-bond donors (Lipinski definition) is 0. The van der Waals surface area contributed by atoms with Crippen LogP contribution in [0.3, 0.4) is 0 Å². The lowest BCUT2D eigenvalue weighted by Gasteiger charge is -2.14. The molecule has 0 N–H and O–H groups in total. The van der Waals surface area contributed by atoms with E-state index in [1.165, 1.54) is 51.4 Å². The van der Waals surface area contributed by atoms with Crippen molar-refractivity contribution in [3.63, 3.8) is 0 Å². The summed E-state index contributed by atoms with van der Waals surface area (Å²) in [5, 5.41) is 0. The molecule has 0 radical (unpaired) electrons. The molecule has 0 heterocycles. The first-order chi connectivity index (χ1) is 15.9. The molecule has 0 aliphatic heterocycles. The van der Waals surface area contributed by atoms with Gasteiger partial charge in [0.1, 0.15) is 0 Å². The second-order valence-electron chi connectivity index (χ2n) is 8.90. The van der Waals surface area contributed by atoms with E-state index >= 15 is 0 Å². The third-order valence-corrected chi connectivity index (χ3v) is 10.6. The number of rotatable bonds is 16. The molecule has 33 heavy (non-hydrogen) atoms. The Morgan fingerprint density at radius 1 is 0.636 bits per heavy atom. The predicted molar refractivity (Wildman–Crippen MR) is 146 cm³/mol. The Morgan fingerprint density at radius 2 is 1.00 bits per heavy atom. The lowest BCUT2D eigenvalue weighted by Crippen LogP contribution is -2.03. The van der Waals surface area contributed by atoms with Crippen LogP contribution >= 0.6 is 23.5 Å². The molecule has 0 saturated carbocycles. The van der Waals surface area contributed by atoms with Gasteiger partial charge < -0.3 is 0 Å². The molecule has 0 aromatic heterocycles. The normalized spacial score (nSPS) is 13.7. The SMILES string of the molecule is CCCCC(CC)CSc1ccc(S(=O)(=O)c2ccc(SCC(CC)CCCC)cc2)cc1. The molecule has 0 amide bonds. The highest BCUT2D eigenvalue weighted by Crippen LogP contribution is 2.30. The van der Waals surface area contributed by atoms with Crippen LogP contribution in [0.2, 0.25) is 0 Å². The standard InChI is InChI=1S/C28H42O2S3/c1-5-9-11-23(7-3)21-31-25-13-17-27(18-14-25)33(29,30)28-19-15-26(16-20-28)32-22-24(8-4)12-10-6-2/h13-20,23-24H,5-12,21-22H2,1-4H3. The molecule has 5 heteroatoms. The molecule has 0 spiro atoms. The van der Waals surface area contributed by atoms with Crippen LogP contribution < -0.4 is 0 Å². The van der Waals surface area contributed by atoms with E-state index in [4.69, 9.17) is 0 Å². The number of benzene rings is 2. The zero-order valence-electron chi connectivity index (χ0n) is 20.9. The summed E-state index contributed by atoms with van der Waals surface area (Å²) in [6, 6.07) is 14.8. The van der Waals surface area contributed by atoms with Gasteiger partial charge in [0.25, 0.3) is 0 Å². The number of hydrogen-bond acceptors (Lipinski definition) is 4. The lowest BCUT2D eigenvalue weighted by molar-refractivity contribution is 0.499. The van der Waals surface area contributed by atoms with Gasteiger partial charge in [-0.05, 0) is 73.2 Å². The van der Waals surface area contributed by atoms with E-state index in [2.05, 4.69) is 27.7 Å². The second-order valence-corrected chi connectivity index (χ2v) is 13.0. The molecule has 0 aliphatic carbocycles. The van der Waals surface area contributed by atoms with Crippen LogP contribution in [0.15, 0.2) is 68.1 Å². The van der Waals surface area contributed by atoms with Crippen LogP contribution in [0.25, 0.3) is 0 Å². The van der Waals surface area contributed by atoms with Gasteiger partial charge in [0.2, 0.25) is 9.84 Å². The molecule has 184 valence electrons. The van der Waals surface area contributed by atoms with Crippen molar-refractivity contribution in [1.29, 1.82) is 0 Å². The first-order valence-corrected chi connectivity index (χ1v) is 16.1. The highest BCUT2D eigenvalue weighted by Gasteiger charge is 2.18. The van der Waals surface area contributed by atoms with Crippen molar-refractivity contribution >= 4 is 33.4 Å². The van der Waals surface area contributed by atoms with Gasteiger partial charge in [0.05, 0.1) is 9.79 Å². The zero-order valence-corrected chi connectivity index (χ0v) is 23.3. The molecule has 2 aromatic carbocycles. The number of unbranched alkanes of at least 4 members (excludes halogenated alkanes) is 2. The Balaban J connectivity index is 1.97. The Bertz CT molecular complexity index is 820. The largest absolute Gasteiger partial charge is 0.219 e. The maximum atomic E-state index is 13.1. The second kappa shape index (κ2) is 15.2. The van der Waals surface area contributed by atoms with Crippen molar-refractivity contribution in [3.05, 3.63) is 48.5 Å². The first-order valence-electron chi connectivity index (χ1n) is 12.6. The average Bonchev–Trinajstić information content (AvgIpc) is 2.85. The van der Waals surface area contributed by atoms with Crippen LogP contribution in [-0.4, -0.2) is 19.9 Å². The summed E-state index contributed by atoms with van der Waals surface area (Å²) >= 11 is 3.67. The fourth-order valence-corrected chi connectivity index (χ4v) is 7.37. The van der Waals surface area contributed by atoms with Gasteiger partial charge in [0, 0.05) is 21.3 Å². The third-order valence-electron chi connectivity index (χ3n) is 6.33. The van der Waals surface area contributed by atoms with Gasteiger partial charge in [-0.1, -0.05) is 66.2 Å². The quantitative estimate of drug-likeness (QED) is 0.213. The van der Waals surface area contributed by atoms with Crippen molar-refractivity contribution in [1.82, 2.24) is 0 Å². The molecule has 2 unspecified atom stereocenters. The lowest BCUT2D eigenvalue weighted by atomic mass is 10.0. The van der Waals surface area contributed by atoms with E-state index in [1.54, 1.807) is 24.3 Å². The predicted octanol–water partition coefficient (Wildman–Crippen LogP) is 9.14. The van der Waals surface area contributed by atoms with Crippen LogP contribution in [0.5, 0.6) is 0 Å². The molecular weight excluding hydrogens is 465 g/mol. The minimum absolute atomic E-state index is 0.371. The van der Waals surface area contributed by atoms with Crippen LogP contribution in [-0.2, 0) is 9.84 Å². The summed E-state index contributed by atoms with van der Waals surface area (Å²) in [4.78, 5) is 3.03. The third kappa shape index (κ3) is 9.33.